The molecule has 1 aromatic carbocycles. The summed E-state index contributed by atoms with van der Waals surface area (Å²) in [6.07, 6.45) is 2.17. The molecule has 9 nitrogen and oxygen atoms in total. The molecule has 0 aliphatic rings. The van der Waals surface area contributed by atoms with E-state index in [1.807, 2.05) is 0 Å². The van der Waals surface area contributed by atoms with Gasteiger partial charge in [0, 0.05) is 12.1 Å². The Labute approximate surface area is 117 Å². The molecule has 0 aliphatic heterocycles. The molecule has 0 saturated carbocycles. The molecule has 9 heteroatoms. The second-order valence-electron chi connectivity index (χ2n) is 4.15. The Balaban J connectivity index is 2.54. The molecule has 21 heavy (non-hydrogen) atoms. The number of hydrogen-bond acceptors (Lipinski definition) is 6. The van der Waals surface area contributed by atoms with Gasteiger partial charge in [-0.05, 0) is 17.7 Å². The van der Waals surface area contributed by atoms with Gasteiger partial charge in [-0.25, -0.2) is 9.78 Å². The fraction of sp³-hybridized carbons (Fsp3) is 0.0833. The molecule has 0 aliphatic carbocycles. The van der Waals surface area contributed by atoms with E-state index in [2.05, 4.69) is 4.98 Å². The Morgan fingerprint density at radius 3 is 2.52 bits per heavy atom. The van der Waals surface area contributed by atoms with Crippen molar-refractivity contribution >= 4 is 17.3 Å². The van der Waals surface area contributed by atoms with Gasteiger partial charge in [0.25, 0.3) is 11.2 Å². The second-order valence-corrected chi connectivity index (χ2v) is 4.15. The van der Waals surface area contributed by atoms with Gasteiger partial charge >= 0.3 is 5.97 Å². The monoisotopic (exact) mass is 290 g/mol. The van der Waals surface area contributed by atoms with Gasteiger partial charge in [-0.3, -0.25) is 19.5 Å². The van der Waals surface area contributed by atoms with Gasteiger partial charge in [0.15, 0.2) is 6.04 Å². The number of rotatable bonds is 4. The Morgan fingerprint density at radius 1 is 1.38 bits per heavy atom. The van der Waals surface area contributed by atoms with Crippen molar-refractivity contribution in [3.05, 3.63) is 62.8 Å². The van der Waals surface area contributed by atoms with E-state index in [4.69, 9.17) is 5.73 Å². The van der Waals surface area contributed by atoms with Crippen LogP contribution in [0.15, 0.2) is 41.6 Å². The SMILES string of the molecule is Nc1cncn(C(C(=O)O)c2ccc([N+](=O)[O-])cc2)c1=O. The third kappa shape index (κ3) is 2.71. The van der Waals surface area contributed by atoms with Crippen LogP contribution < -0.4 is 11.3 Å². The molecular formula is C12H10N4O5. The highest BCUT2D eigenvalue weighted by atomic mass is 16.6. The minimum absolute atomic E-state index is 0.180. The number of nitro groups is 1. The highest BCUT2D eigenvalue weighted by Crippen LogP contribution is 2.20. The van der Waals surface area contributed by atoms with E-state index in [0.717, 1.165) is 29.2 Å². The van der Waals surface area contributed by atoms with Gasteiger partial charge in [0.2, 0.25) is 0 Å². The first-order chi connectivity index (χ1) is 9.91. The number of carboxylic acid groups (broad SMARTS) is 1. The van der Waals surface area contributed by atoms with Gasteiger partial charge in [0.05, 0.1) is 17.4 Å². The summed E-state index contributed by atoms with van der Waals surface area (Å²) < 4.78 is 0.860. The quantitative estimate of drug-likeness (QED) is 0.613. The summed E-state index contributed by atoms with van der Waals surface area (Å²) in [5.74, 6) is -1.31. The third-order valence-electron chi connectivity index (χ3n) is 2.82. The molecule has 0 bridgehead atoms. The zero-order chi connectivity index (χ0) is 15.6. The molecule has 0 fully saturated rings. The lowest BCUT2D eigenvalue weighted by Gasteiger charge is -2.15. The molecule has 2 rings (SSSR count). The summed E-state index contributed by atoms with van der Waals surface area (Å²) in [7, 11) is 0. The standard InChI is InChI=1S/C12H10N4O5/c13-9-5-14-6-15(11(9)17)10(12(18)19)7-1-3-8(4-2-7)16(20)21/h1-6,10H,13H2,(H,18,19). The van der Waals surface area contributed by atoms with Gasteiger partial charge < -0.3 is 10.8 Å². The number of nitrogen functional groups attached to an aromatic ring is 1. The largest absolute Gasteiger partial charge is 0.479 e. The molecular weight excluding hydrogens is 280 g/mol. The van der Waals surface area contributed by atoms with E-state index >= 15 is 0 Å². The Hall–Kier alpha value is -3.23. The van der Waals surface area contributed by atoms with Crippen LogP contribution in [0.4, 0.5) is 11.4 Å². The first-order valence-corrected chi connectivity index (χ1v) is 5.70. The number of nitrogens with two attached hydrogens (primary N) is 1. The Kier molecular flexibility index (Phi) is 3.65. The van der Waals surface area contributed by atoms with Gasteiger partial charge in [-0.2, -0.15) is 0 Å². The number of aromatic nitrogens is 2. The number of carboxylic acids is 1. The topological polar surface area (TPSA) is 141 Å². The van der Waals surface area contributed by atoms with Crippen LogP contribution in [0.3, 0.4) is 0 Å². The Bertz CT molecular complexity index is 753. The van der Waals surface area contributed by atoms with Crippen molar-refractivity contribution in [2.45, 2.75) is 6.04 Å². The predicted molar refractivity (Wildman–Crippen MR) is 71.8 cm³/mol. The molecule has 108 valence electrons. The summed E-state index contributed by atoms with van der Waals surface area (Å²) >= 11 is 0. The molecule has 0 radical (unpaired) electrons. The fourth-order valence-corrected chi connectivity index (χ4v) is 1.83. The van der Waals surface area contributed by atoms with E-state index < -0.39 is 22.5 Å². The van der Waals surface area contributed by atoms with Crippen LogP contribution in [0.25, 0.3) is 0 Å². The number of aliphatic carboxylic acids is 1. The van der Waals surface area contributed by atoms with Crippen LogP contribution in [-0.4, -0.2) is 25.6 Å². The highest BCUT2D eigenvalue weighted by Gasteiger charge is 2.24. The van der Waals surface area contributed by atoms with Crippen molar-refractivity contribution in [2.75, 3.05) is 5.73 Å². The summed E-state index contributed by atoms with van der Waals surface area (Å²) in [4.78, 5) is 37.0. The normalized spacial score (nSPS) is 11.8. The van der Waals surface area contributed by atoms with Crippen LogP contribution in [-0.2, 0) is 4.79 Å². The molecule has 3 N–H and O–H groups in total. The summed E-state index contributed by atoms with van der Waals surface area (Å²) in [5, 5.41) is 19.9. The first kappa shape index (κ1) is 14.2. The molecule has 1 aromatic heterocycles. The van der Waals surface area contributed by atoms with Crippen LogP contribution in [0, 0.1) is 10.1 Å². The number of benzene rings is 1. The number of anilines is 1. The van der Waals surface area contributed by atoms with Crippen molar-refractivity contribution < 1.29 is 14.8 Å². The average Bonchev–Trinajstić information content (AvgIpc) is 2.44. The minimum atomic E-state index is -1.37. The first-order valence-electron chi connectivity index (χ1n) is 5.70. The summed E-state index contributed by atoms with van der Waals surface area (Å²) in [5.41, 5.74) is 4.55. The lowest BCUT2D eigenvalue weighted by Crippen LogP contribution is -2.32. The maximum atomic E-state index is 11.9. The van der Waals surface area contributed by atoms with Crippen LogP contribution >= 0.6 is 0 Å². The van der Waals surface area contributed by atoms with E-state index in [0.29, 0.717) is 0 Å². The van der Waals surface area contributed by atoms with Gasteiger partial charge in [0.1, 0.15) is 5.69 Å². The van der Waals surface area contributed by atoms with Gasteiger partial charge in [-0.15, -0.1) is 0 Å². The fourth-order valence-electron chi connectivity index (χ4n) is 1.83. The maximum absolute atomic E-state index is 11.9. The average molecular weight is 290 g/mol. The molecule has 2 aromatic rings. The van der Waals surface area contributed by atoms with E-state index in [-0.39, 0.29) is 16.9 Å². The third-order valence-corrected chi connectivity index (χ3v) is 2.82. The zero-order valence-electron chi connectivity index (χ0n) is 10.5. The van der Waals surface area contributed by atoms with Crippen molar-refractivity contribution in [3.8, 4) is 0 Å². The minimum Gasteiger partial charge on any atom is -0.479 e. The summed E-state index contributed by atoms with van der Waals surface area (Å²) in [6, 6.07) is 3.50. The Morgan fingerprint density at radius 2 is 2.00 bits per heavy atom. The number of non-ortho nitro benzene ring substituents is 1. The van der Waals surface area contributed by atoms with Crippen LogP contribution in [0.2, 0.25) is 0 Å². The van der Waals surface area contributed by atoms with Gasteiger partial charge in [-0.1, -0.05) is 0 Å². The maximum Gasteiger partial charge on any atom is 0.331 e. The van der Waals surface area contributed by atoms with Crippen molar-refractivity contribution in [1.82, 2.24) is 9.55 Å². The molecule has 0 amide bonds. The highest BCUT2D eigenvalue weighted by molar-refractivity contribution is 5.76. The molecule has 0 spiro atoms. The second kappa shape index (κ2) is 5.41. The number of nitrogens with zero attached hydrogens (tertiary/aromatic N) is 3. The number of nitro benzene ring substituents is 1. The van der Waals surface area contributed by atoms with Crippen molar-refractivity contribution in [1.29, 1.82) is 0 Å². The number of carbonyl (C=O) groups is 1. The lowest BCUT2D eigenvalue weighted by atomic mass is 10.1. The predicted octanol–water partition coefficient (Wildman–Crippen LogP) is 0.408. The van der Waals surface area contributed by atoms with Crippen molar-refractivity contribution in [3.63, 3.8) is 0 Å². The van der Waals surface area contributed by atoms with E-state index in [9.17, 15) is 24.8 Å². The van der Waals surface area contributed by atoms with E-state index in [1.54, 1.807) is 0 Å². The van der Waals surface area contributed by atoms with E-state index in [1.165, 1.54) is 12.1 Å². The number of hydrogen-bond donors (Lipinski definition) is 2. The molecule has 0 saturated heterocycles. The molecule has 1 heterocycles. The smallest absolute Gasteiger partial charge is 0.331 e. The summed E-state index contributed by atoms with van der Waals surface area (Å²) in [6.45, 7) is 0. The van der Waals surface area contributed by atoms with Crippen molar-refractivity contribution in [2.24, 2.45) is 0 Å². The van der Waals surface area contributed by atoms with Crippen LogP contribution in [0.5, 0.6) is 0 Å². The molecule has 1 unspecified atom stereocenters. The zero-order valence-corrected chi connectivity index (χ0v) is 10.5. The van der Waals surface area contributed by atoms with Crippen LogP contribution in [0.1, 0.15) is 11.6 Å². The molecule has 1 atom stereocenters. The lowest BCUT2D eigenvalue weighted by molar-refractivity contribution is -0.384.